The predicted octanol–water partition coefficient (Wildman–Crippen LogP) is 19.4. The fourth-order valence-electron chi connectivity index (χ4n) is 12.7. The Morgan fingerprint density at radius 3 is 1.25 bits per heavy atom. The molecule has 2 bridgehead atoms. The SMILES string of the molecule is CC(C)(C)c1cc2ccc3c4cc(c5ccc(c1)c2c35)N(c1ccccc1C1CCCC1)c1cc(-c2ccccc2)ccc1Cc1ccc(-c2ccccc2)cc1N4c1ccccc1C1CCCC1. The van der Waals surface area contributed by atoms with Crippen LogP contribution < -0.4 is 9.80 Å². The van der Waals surface area contributed by atoms with Crippen molar-refractivity contribution in [3.8, 4) is 22.3 Å². The lowest BCUT2D eigenvalue weighted by molar-refractivity contribution is 0.591. The summed E-state index contributed by atoms with van der Waals surface area (Å²) < 4.78 is 0. The Hall–Kier alpha value is -7.16. The van der Waals surface area contributed by atoms with Gasteiger partial charge in [0.25, 0.3) is 0 Å². The van der Waals surface area contributed by atoms with E-state index in [1.807, 2.05) is 0 Å². The molecule has 2 fully saturated rings. The van der Waals surface area contributed by atoms with E-state index in [1.54, 1.807) is 0 Å². The monoisotopic (exact) mass is 892 g/mol. The largest absolute Gasteiger partial charge is 0.309 e. The van der Waals surface area contributed by atoms with Crippen LogP contribution in [0.2, 0.25) is 0 Å². The van der Waals surface area contributed by atoms with Crippen molar-refractivity contribution in [2.24, 2.45) is 0 Å². The van der Waals surface area contributed by atoms with Crippen LogP contribution in [0.4, 0.5) is 34.1 Å². The fourth-order valence-corrected chi connectivity index (χ4v) is 12.7. The molecule has 2 nitrogen and oxygen atoms in total. The van der Waals surface area contributed by atoms with Gasteiger partial charge in [-0.15, -0.1) is 0 Å². The van der Waals surface area contributed by atoms with E-state index in [2.05, 4.69) is 219 Å². The first-order valence-electron chi connectivity index (χ1n) is 25.8. The van der Waals surface area contributed by atoms with Crippen LogP contribution in [0.25, 0.3) is 54.6 Å². The lowest BCUT2D eigenvalue weighted by atomic mass is 9.82. The molecule has 2 saturated carbocycles. The van der Waals surface area contributed by atoms with Crippen molar-refractivity contribution in [3.05, 3.63) is 216 Å². The van der Waals surface area contributed by atoms with E-state index in [-0.39, 0.29) is 5.41 Å². The molecule has 0 saturated heterocycles. The number of benzene rings is 10. The van der Waals surface area contributed by atoms with Crippen molar-refractivity contribution in [1.29, 1.82) is 0 Å². The second kappa shape index (κ2) is 16.8. The summed E-state index contributed by atoms with van der Waals surface area (Å²) in [5.74, 6) is 1.03. The van der Waals surface area contributed by atoms with Crippen molar-refractivity contribution < 1.29 is 0 Å². The average Bonchev–Trinajstić information content (AvgIpc) is 4.14. The van der Waals surface area contributed by atoms with Gasteiger partial charge in [-0.3, -0.25) is 0 Å². The van der Waals surface area contributed by atoms with E-state index in [0.29, 0.717) is 11.8 Å². The standard InChI is InChI=1S/C67H60N2/c1-67(2,3)54-39-52-34-36-57-63-43-64(58-37-35-53(40-54)65(52)66(57)58)69(60-29-17-15-27-56(60)47-24-12-13-25-47)62-42-49(45-20-8-5-9-21-45)31-33-51(62)38-50-32-30-48(44-18-6-4-7-19-44)41-61(50)68(63)59-28-16-14-26-55(59)46-22-10-11-23-46/h4-9,14-21,26-37,39-43,46-47H,10-13,22-25,38H2,1-3H3. The maximum absolute atomic E-state index is 2.72. The van der Waals surface area contributed by atoms with Gasteiger partial charge in [-0.2, -0.15) is 0 Å². The summed E-state index contributed by atoms with van der Waals surface area (Å²) in [5, 5.41) is 7.88. The van der Waals surface area contributed by atoms with Crippen LogP contribution in [-0.4, -0.2) is 0 Å². The molecule has 0 N–H and O–H groups in total. The smallest absolute Gasteiger partial charge is 0.0561 e. The highest BCUT2D eigenvalue weighted by Crippen LogP contribution is 2.56. The van der Waals surface area contributed by atoms with E-state index >= 15 is 0 Å². The van der Waals surface area contributed by atoms with Gasteiger partial charge in [-0.05, 0) is 139 Å². The number of nitrogens with zero attached hydrogens (tertiary/aromatic N) is 2. The van der Waals surface area contributed by atoms with Gasteiger partial charge in [-0.25, -0.2) is 0 Å². The second-order valence-corrected chi connectivity index (χ2v) is 21.4. The first-order chi connectivity index (χ1) is 33.9. The molecule has 0 radical (unpaired) electrons. The Kier molecular flexibility index (Phi) is 10.2. The summed E-state index contributed by atoms with van der Waals surface area (Å²) in [6.45, 7) is 7.03. The van der Waals surface area contributed by atoms with Crippen molar-refractivity contribution in [2.45, 2.75) is 95.8 Å². The van der Waals surface area contributed by atoms with Crippen molar-refractivity contribution in [3.63, 3.8) is 0 Å². The summed E-state index contributed by atoms with van der Waals surface area (Å²) >= 11 is 0. The number of rotatable bonds is 6. The normalized spacial score (nSPS) is 15.6. The number of para-hydroxylation sites is 2. The van der Waals surface area contributed by atoms with Gasteiger partial charge in [0.2, 0.25) is 0 Å². The molecule has 0 amide bonds. The van der Waals surface area contributed by atoms with Gasteiger partial charge < -0.3 is 9.80 Å². The zero-order chi connectivity index (χ0) is 46.2. The summed E-state index contributed by atoms with van der Waals surface area (Å²) in [6, 6.07) is 72.8. The molecule has 0 aromatic heterocycles. The third-order valence-corrected chi connectivity index (χ3v) is 16.2. The minimum absolute atomic E-state index is 0.0135. The summed E-state index contributed by atoms with van der Waals surface area (Å²) in [7, 11) is 0. The quantitative estimate of drug-likeness (QED) is 0.154. The van der Waals surface area contributed by atoms with Crippen molar-refractivity contribution >= 4 is 66.4 Å². The van der Waals surface area contributed by atoms with E-state index in [1.165, 1.54) is 168 Å². The van der Waals surface area contributed by atoms with Gasteiger partial charge in [0.15, 0.2) is 0 Å². The minimum Gasteiger partial charge on any atom is -0.309 e. The topological polar surface area (TPSA) is 6.48 Å². The Balaban J connectivity index is 1.21. The number of anilines is 6. The molecular weight excluding hydrogens is 833 g/mol. The molecular formula is C67H60N2. The Labute approximate surface area is 408 Å². The molecule has 3 aliphatic rings. The van der Waals surface area contributed by atoms with Crippen LogP contribution in [0.3, 0.4) is 0 Å². The molecule has 69 heavy (non-hydrogen) atoms. The zero-order valence-electron chi connectivity index (χ0n) is 40.3. The number of hydrogen-bond donors (Lipinski definition) is 0. The van der Waals surface area contributed by atoms with Gasteiger partial charge >= 0.3 is 0 Å². The van der Waals surface area contributed by atoms with Gasteiger partial charge in [0, 0.05) is 34.0 Å². The van der Waals surface area contributed by atoms with Gasteiger partial charge in [0.1, 0.15) is 0 Å². The van der Waals surface area contributed by atoms with E-state index in [0.717, 1.165) is 6.42 Å². The zero-order valence-corrected chi connectivity index (χ0v) is 40.3. The molecule has 1 aliphatic heterocycles. The molecule has 2 aliphatic carbocycles. The predicted molar refractivity (Wildman–Crippen MR) is 294 cm³/mol. The summed E-state index contributed by atoms with van der Waals surface area (Å²) in [6.07, 6.45) is 10.8. The highest BCUT2D eigenvalue weighted by molar-refractivity contribution is 6.29. The first-order valence-corrected chi connectivity index (χ1v) is 25.8. The molecule has 2 heteroatoms. The maximum Gasteiger partial charge on any atom is 0.0561 e. The molecule has 1 heterocycles. The van der Waals surface area contributed by atoms with Crippen LogP contribution in [0.5, 0.6) is 0 Å². The van der Waals surface area contributed by atoms with E-state index in [9.17, 15) is 0 Å². The van der Waals surface area contributed by atoms with Gasteiger partial charge in [0.05, 0.1) is 22.7 Å². The Bertz CT molecular complexity index is 3310. The van der Waals surface area contributed by atoms with Crippen LogP contribution >= 0.6 is 0 Å². The molecule has 10 aromatic rings. The Morgan fingerprint density at radius 1 is 0.362 bits per heavy atom. The number of hydrogen-bond acceptors (Lipinski definition) is 2. The molecule has 0 atom stereocenters. The van der Waals surface area contributed by atoms with E-state index in [4.69, 9.17) is 0 Å². The molecule has 0 unspecified atom stereocenters. The molecule has 10 aromatic carbocycles. The lowest BCUT2D eigenvalue weighted by Crippen LogP contribution is -2.20. The van der Waals surface area contributed by atoms with Crippen molar-refractivity contribution in [1.82, 2.24) is 0 Å². The minimum atomic E-state index is 0.0135. The highest BCUT2D eigenvalue weighted by Gasteiger charge is 2.33. The second-order valence-electron chi connectivity index (χ2n) is 21.4. The van der Waals surface area contributed by atoms with E-state index < -0.39 is 0 Å². The third-order valence-electron chi connectivity index (χ3n) is 16.2. The summed E-state index contributed by atoms with van der Waals surface area (Å²) in [5.41, 5.74) is 19.4. The Morgan fingerprint density at radius 2 is 0.797 bits per heavy atom. The highest BCUT2D eigenvalue weighted by atomic mass is 15.2. The number of fused-ring (bicyclic) bond motifs is 6. The van der Waals surface area contributed by atoms with Crippen LogP contribution in [-0.2, 0) is 11.8 Å². The maximum atomic E-state index is 2.72. The van der Waals surface area contributed by atoms with Crippen molar-refractivity contribution in [2.75, 3.05) is 9.80 Å². The fraction of sp³-hybridized carbons (Fsp3) is 0.224. The van der Waals surface area contributed by atoms with Crippen LogP contribution in [0, 0.1) is 0 Å². The molecule has 338 valence electrons. The first kappa shape index (κ1) is 42.0. The summed E-state index contributed by atoms with van der Waals surface area (Å²) in [4.78, 5) is 5.44. The lowest BCUT2D eigenvalue weighted by Gasteiger charge is -2.37. The third kappa shape index (κ3) is 7.22. The average molecular weight is 893 g/mol. The molecule has 13 rings (SSSR count). The van der Waals surface area contributed by atoms with Gasteiger partial charge in [-0.1, -0.05) is 204 Å². The van der Waals surface area contributed by atoms with Crippen LogP contribution in [0.15, 0.2) is 188 Å². The molecule has 0 spiro atoms. The van der Waals surface area contributed by atoms with Crippen LogP contribution in [0.1, 0.15) is 112 Å².